The van der Waals surface area contributed by atoms with Crippen molar-refractivity contribution in [1.29, 1.82) is 0 Å². The Morgan fingerprint density at radius 3 is 2.59 bits per heavy atom. The van der Waals surface area contributed by atoms with Gasteiger partial charge in [0.2, 0.25) is 10.0 Å². The van der Waals surface area contributed by atoms with Crippen LogP contribution in [0.25, 0.3) is 11.0 Å². The lowest BCUT2D eigenvalue weighted by Gasteiger charge is -2.15. The van der Waals surface area contributed by atoms with Crippen LogP contribution in [0.4, 0.5) is 0 Å². The van der Waals surface area contributed by atoms with E-state index in [1.54, 1.807) is 12.4 Å². The first-order valence-corrected chi connectivity index (χ1v) is 8.64. The predicted octanol–water partition coefficient (Wildman–Crippen LogP) is 2.53. The van der Waals surface area contributed by atoms with E-state index in [-0.39, 0.29) is 0 Å². The molecule has 0 saturated heterocycles. The first kappa shape index (κ1) is 14.7. The van der Waals surface area contributed by atoms with Crippen LogP contribution in [0, 0.1) is 0 Å². The number of sulfonamides is 1. The summed E-state index contributed by atoms with van der Waals surface area (Å²) in [6.45, 7) is 0. The molecule has 114 valence electrons. The summed E-state index contributed by atoms with van der Waals surface area (Å²) in [5, 5.41) is 4.71. The molecule has 1 heterocycles. The van der Waals surface area contributed by atoms with Gasteiger partial charge in [-0.15, -0.1) is 0 Å². The molecule has 3 rings (SSSR count). The molecule has 0 aliphatic carbocycles. The van der Waals surface area contributed by atoms with Crippen LogP contribution < -0.4 is 5.14 Å². The maximum Gasteiger partial charge on any atom is 0.216 e. The number of hydrogen-bond donors (Lipinski definition) is 2. The first-order valence-electron chi connectivity index (χ1n) is 7.03. The zero-order valence-electron chi connectivity index (χ0n) is 11.9. The molecule has 0 aliphatic heterocycles. The van der Waals surface area contributed by atoms with Crippen LogP contribution in [-0.2, 0) is 16.4 Å². The molecule has 0 amide bonds. The summed E-state index contributed by atoms with van der Waals surface area (Å²) in [4.78, 5) is 7.23. The summed E-state index contributed by atoms with van der Waals surface area (Å²) in [5.41, 5.74) is 3.21. The van der Waals surface area contributed by atoms with Crippen molar-refractivity contribution in [1.82, 2.24) is 9.97 Å². The van der Waals surface area contributed by atoms with Crippen molar-refractivity contribution in [2.24, 2.45) is 5.14 Å². The van der Waals surface area contributed by atoms with E-state index < -0.39 is 15.3 Å². The predicted molar refractivity (Wildman–Crippen MR) is 86.7 cm³/mol. The number of para-hydroxylation sites is 1. The number of fused-ring (bicyclic) bond motifs is 1. The van der Waals surface area contributed by atoms with Crippen molar-refractivity contribution < 1.29 is 8.42 Å². The Bertz CT molecular complexity index is 873. The fraction of sp³-hybridized carbons (Fsp3) is 0.188. The molecule has 6 heteroatoms. The van der Waals surface area contributed by atoms with Crippen molar-refractivity contribution in [2.45, 2.75) is 18.1 Å². The van der Waals surface area contributed by atoms with Gasteiger partial charge in [0.15, 0.2) is 0 Å². The number of nitrogens with two attached hydrogens (primary N) is 1. The van der Waals surface area contributed by atoms with Gasteiger partial charge in [-0.1, -0.05) is 42.5 Å². The fourth-order valence-corrected chi connectivity index (χ4v) is 3.68. The lowest BCUT2D eigenvalue weighted by molar-refractivity contribution is 0.577. The number of H-pyrrole nitrogens is 1. The number of aromatic amines is 1. The molecule has 3 N–H and O–H groups in total. The lowest BCUT2D eigenvalue weighted by Crippen LogP contribution is -2.22. The van der Waals surface area contributed by atoms with Crippen LogP contribution in [0.1, 0.15) is 22.8 Å². The molecule has 0 spiro atoms. The quantitative estimate of drug-likeness (QED) is 0.758. The number of nitrogens with zero attached hydrogens (tertiary/aromatic N) is 1. The number of nitrogens with one attached hydrogen (secondary N) is 1. The van der Waals surface area contributed by atoms with Crippen LogP contribution >= 0.6 is 0 Å². The highest BCUT2D eigenvalue weighted by molar-refractivity contribution is 7.89. The van der Waals surface area contributed by atoms with Gasteiger partial charge in [-0.25, -0.2) is 18.5 Å². The van der Waals surface area contributed by atoms with Crippen molar-refractivity contribution in [3.63, 3.8) is 0 Å². The summed E-state index contributed by atoms with van der Waals surface area (Å²) in [5.74, 6) is 0. The molecule has 5 nitrogen and oxygen atoms in total. The number of aromatic nitrogens is 2. The third-order valence-electron chi connectivity index (χ3n) is 3.76. The summed E-state index contributed by atoms with van der Waals surface area (Å²) in [6.07, 6.45) is 2.63. The SMILES string of the molecule is NS(=O)(=O)C(CCc1ccccc1)c1cccc2[nH]cnc12. The van der Waals surface area contributed by atoms with E-state index >= 15 is 0 Å². The second kappa shape index (κ2) is 5.90. The zero-order valence-corrected chi connectivity index (χ0v) is 12.8. The Morgan fingerprint density at radius 1 is 1.09 bits per heavy atom. The Morgan fingerprint density at radius 2 is 1.86 bits per heavy atom. The van der Waals surface area contributed by atoms with E-state index in [1.165, 1.54) is 0 Å². The van der Waals surface area contributed by atoms with Gasteiger partial charge in [0, 0.05) is 0 Å². The van der Waals surface area contributed by atoms with Crippen LogP contribution in [0.3, 0.4) is 0 Å². The van der Waals surface area contributed by atoms with E-state index in [1.807, 2.05) is 42.5 Å². The highest BCUT2D eigenvalue weighted by Gasteiger charge is 2.26. The standard InChI is InChI=1S/C16H17N3O2S/c17-22(20,21)15(10-9-12-5-2-1-3-6-12)13-7-4-8-14-16(13)19-11-18-14/h1-8,11,15H,9-10H2,(H,18,19)(H2,17,20,21). The Labute approximate surface area is 129 Å². The van der Waals surface area contributed by atoms with Crippen molar-refractivity contribution in [3.8, 4) is 0 Å². The van der Waals surface area contributed by atoms with Crippen LogP contribution in [-0.4, -0.2) is 18.4 Å². The molecule has 1 atom stereocenters. The molecule has 0 saturated carbocycles. The second-order valence-electron chi connectivity index (χ2n) is 5.25. The maximum absolute atomic E-state index is 12.1. The Kier molecular flexibility index (Phi) is 3.96. The molecule has 1 unspecified atom stereocenters. The van der Waals surface area contributed by atoms with E-state index in [0.29, 0.717) is 23.9 Å². The average Bonchev–Trinajstić information content (AvgIpc) is 2.96. The molecule has 0 aliphatic rings. The second-order valence-corrected chi connectivity index (χ2v) is 6.99. The van der Waals surface area contributed by atoms with E-state index in [9.17, 15) is 8.42 Å². The molecular formula is C16H17N3O2S. The minimum absolute atomic E-state index is 0.425. The van der Waals surface area contributed by atoms with E-state index in [2.05, 4.69) is 9.97 Å². The summed E-state index contributed by atoms with van der Waals surface area (Å²) in [7, 11) is -3.71. The molecule has 0 fully saturated rings. The van der Waals surface area contributed by atoms with Gasteiger partial charge in [0.25, 0.3) is 0 Å². The third kappa shape index (κ3) is 3.03. The molecule has 1 aromatic heterocycles. The normalized spacial score (nSPS) is 13.3. The van der Waals surface area contributed by atoms with Crippen LogP contribution in [0.15, 0.2) is 54.9 Å². The molecule has 0 bridgehead atoms. The Hall–Kier alpha value is -2.18. The summed E-state index contributed by atoms with van der Waals surface area (Å²) in [6, 6.07) is 15.2. The molecule has 0 radical (unpaired) electrons. The molecule has 2 aromatic carbocycles. The monoisotopic (exact) mass is 315 g/mol. The van der Waals surface area contributed by atoms with E-state index in [4.69, 9.17) is 5.14 Å². The smallest absolute Gasteiger partial charge is 0.216 e. The van der Waals surface area contributed by atoms with Gasteiger partial charge in [0.05, 0.1) is 17.4 Å². The van der Waals surface area contributed by atoms with Gasteiger partial charge in [-0.05, 0) is 30.0 Å². The van der Waals surface area contributed by atoms with E-state index in [0.717, 1.165) is 11.1 Å². The van der Waals surface area contributed by atoms with Gasteiger partial charge in [0.1, 0.15) is 5.25 Å². The van der Waals surface area contributed by atoms with Crippen LogP contribution in [0.2, 0.25) is 0 Å². The molecular weight excluding hydrogens is 298 g/mol. The fourth-order valence-electron chi connectivity index (χ4n) is 2.69. The van der Waals surface area contributed by atoms with Gasteiger partial charge < -0.3 is 4.98 Å². The molecule has 3 aromatic rings. The van der Waals surface area contributed by atoms with Gasteiger partial charge >= 0.3 is 0 Å². The summed E-state index contributed by atoms with van der Waals surface area (Å²) >= 11 is 0. The van der Waals surface area contributed by atoms with Crippen LogP contribution in [0.5, 0.6) is 0 Å². The minimum Gasteiger partial charge on any atom is -0.345 e. The molecule has 22 heavy (non-hydrogen) atoms. The van der Waals surface area contributed by atoms with Crippen molar-refractivity contribution in [2.75, 3.05) is 0 Å². The zero-order chi connectivity index (χ0) is 15.6. The number of primary sulfonamides is 1. The first-order chi connectivity index (χ1) is 10.6. The number of imidazole rings is 1. The third-order valence-corrected chi connectivity index (χ3v) is 5.05. The van der Waals surface area contributed by atoms with Crippen molar-refractivity contribution >= 4 is 21.1 Å². The highest BCUT2D eigenvalue weighted by atomic mass is 32.2. The summed E-state index contributed by atoms with van der Waals surface area (Å²) < 4.78 is 24.1. The topological polar surface area (TPSA) is 88.8 Å². The van der Waals surface area contributed by atoms with Gasteiger partial charge in [-0.2, -0.15) is 0 Å². The number of rotatable bonds is 5. The minimum atomic E-state index is -3.71. The van der Waals surface area contributed by atoms with Gasteiger partial charge in [-0.3, -0.25) is 0 Å². The largest absolute Gasteiger partial charge is 0.345 e. The highest BCUT2D eigenvalue weighted by Crippen LogP contribution is 2.30. The lowest BCUT2D eigenvalue weighted by atomic mass is 10.0. The maximum atomic E-state index is 12.1. The number of benzene rings is 2. The number of hydrogen-bond acceptors (Lipinski definition) is 3. The Balaban J connectivity index is 1.95. The average molecular weight is 315 g/mol. The number of aryl methyl sites for hydroxylation is 1. The van der Waals surface area contributed by atoms with Crippen molar-refractivity contribution in [3.05, 3.63) is 66.0 Å².